The summed E-state index contributed by atoms with van der Waals surface area (Å²) in [4.78, 5) is 2.69. The van der Waals surface area contributed by atoms with Crippen molar-refractivity contribution >= 4 is 18.8 Å². The molecule has 0 fully saturated rings. The molecule has 0 saturated heterocycles. The minimum Gasteiger partial charge on any atom is -0.303 e. The van der Waals surface area contributed by atoms with E-state index in [0.29, 0.717) is 9.04 Å². The maximum Gasteiger partial charge on any atom is 0.00419 e. The van der Waals surface area contributed by atoms with Crippen LogP contribution in [-0.4, -0.2) is 43.3 Å². The summed E-state index contributed by atoms with van der Waals surface area (Å²) in [6.07, 6.45) is 6.96. The Morgan fingerprint density at radius 3 is 1.86 bits per heavy atom. The fourth-order valence-electron chi connectivity index (χ4n) is 1.68. The second-order valence-corrected chi connectivity index (χ2v) is 8.96. The van der Waals surface area contributed by atoms with E-state index in [9.17, 15) is 0 Å². The second-order valence-electron chi connectivity index (χ2n) is 4.26. The molecule has 3 heteroatoms. The molecule has 0 aromatic rings. The third kappa shape index (κ3) is 8.97. The first-order chi connectivity index (χ1) is 6.85. The van der Waals surface area contributed by atoms with E-state index in [0.717, 1.165) is 0 Å². The predicted octanol–water partition coefficient (Wildman–Crippen LogP) is 1.15. The minimum atomic E-state index is 0.445. The zero-order chi connectivity index (χ0) is 10.6. The number of nitrogens with zero attached hydrogens (tertiary/aromatic N) is 1. The van der Waals surface area contributed by atoms with Crippen LogP contribution in [-0.2, 0) is 0 Å². The Bertz CT molecular complexity index is 101. The zero-order valence-electron chi connectivity index (χ0n) is 10.5. The summed E-state index contributed by atoms with van der Waals surface area (Å²) in [5.74, 6) is 0. The topological polar surface area (TPSA) is 3.24 Å². The van der Waals surface area contributed by atoms with Crippen molar-refractivity contribution in [3.63, 3.8) is 0 Å². The fraction of sp³-hybridized carbons (Fsp3) is 1.00. The predicted molar refractivity (Wildman–Crippen MR) is 74.2 cm³/mol. The van der Waals surface area contributed by atoms with E-state index in [4.69, 9.17) is 0 Å². The lowest BCUT2D eigenvalue weighted by Gasteiger charge is -2.21. The Morgan fingerprint density at radius 2 is 1.43 bits per heavy atom. The number of rotatable bonds is 10. The van der Waals surface area contributed by atoms with Crippen LogP contribution in [0, 0.1) is 0 Å². The molecule has 0 heterocycles. The van der Waals surface area contributed by atoms with Crippen LogP contribution >= 0.6 is 0 Å². The van der Waals surface area contributed by atoms with E-state index in [1.54, 1.807) is 6.04 Å². The molecule has 0 N–H and O–H groups in total. The van der Waals surface area contributed by atoms with Gasteiger partial charge in [0.05, 0.1) is 0 Å². The first-order valence-corrected chi connectivity index (χ1v) is 13.2. The van der Waals surface area contributed by atoms with Gasteiger partial charge in [0.1, 0.15) is 0 Å². The van der Waals surface area contributed by atoms with Gasteiger partial charge in [-0.3, -0.25) is 0 Å². The summed E-state index contributed by atoms with van der Waals surface area (Å²) in [7, 11) is 1.97. The molecule has 0 spiro atoms. The highest BCUT2D eigenvalue weighted by atomic mass is 29.1. The van der Waals surface area contributed by atoms with Crippen molar-refractivity contribution in [3.8, 4) is 0 Å². The van der Waals surface area contributed by atoms with Gasteiger partial charge >= 0.3 is 0 Å². The van der Waals surface area contributed by atoms with Crippen LogP contribution in [0.5, 0.6) is 0 Å². The molecular formula is C11H29NSi2. The van der Waals surface area contributed by atoms with Crippen molar-refractivity contribution in [2.75, 3.05) is 19.6 Å². The lowest BCUT2D eigenvalue weighted by molar-refractivity contribution is 0.266. The van der Waals surface area contributed by atoms with Gasteiger partial charge in [0, 0.05) is 9.04 Å². The second kappa shape index (κ2) is 11.5. The molecule has 0 amide bonds. The molecule has 0 unspecified atom stereocenters. The van der Waals surface area contributed by atoms with E-state index in [1.165, 1.54) is 61.5 Å². The van der Waals surface area contributed by atoms with E-state index in [2.05, 4.69) is 18.7 Å². The van der Waals surface area contributed by atoms with Gasteiger partial charge in [-0.15, -0.1) is 0 Å². The maximum atomic E-state index is 2.69. The highest BCUT2D eigenvalue weighted by Crippen LogP contribution is 2.01. The minimum absolute atomic E-state index is 0.445. The van der Waals surface area contributed by atoms with Crippen LogP contribution in [0.3, 0.4) is 0 Å². The van der Waals surface area contributed by atoms with Crippen molar-refractivity contribution in [1.82, 2.24) is 4.90 Å². The molecule has 0 bridgehead atoms. The van der Waals surface area contributed by atoms with Gasteiger partial charge in [-0.2, -0.15) is 0 Å². The molecule has 0 aliphatic carbocycles. The average Bonchev–Trinajstić information content (AvgIpc) is 2.21. The van der Waals surface area contributed by atoms with E-state index in [-0.39, 0.29) is 0 Å². The highest BCUT2D eigenvalue weighted by molar-refractivity contribution is 6.89. The molecule has 0 aliphatic rings. The average molecular weight is 232 g/mol. The number of hydrogen-bond acceptors (Lipinski definition) is 1. The summed E-state index contributed by atoms with van der Waals surface area (Å²) in [5.41, 5.74) is 0. The quantitative estimate of drug-likeness (QED) is 0.403. The lowest BCUT2D eigenvalue weighted by Crippen LogP contribution is -2.27. The summed E-state index contributed by atoms with van der Waals surface area (Å²) in [5, 5.41) is 0. The Labute approximate surface area is 95.7 Å². The first-order valence-electron chi connectivity index (χ1n) is 6.57. The van der Waals surface area contributed by atoms with Gasteiger partial charge in [0.2, 0.25) is 0 Å². The van der Waals surface area contributed by atoms with Crippen LogP contribution in [0.2, 0.25) is 6.04 Å². The molecule has 86 valence electrons. The Hall–Kier alpha value is 0.394. The van der Waals surface area contributed by atoms with Crippen LogP contribution in [0.15, 0.2) is 0 Å². The van der Waals surface area contributed by atoms with Crippen LogP contribution in [0.25, 0.3) is 0 Å². The van der Waals surface area contributed by atoms with Gasteiger partial charge in [-0.1, -0.05) is 32.7 Å². The zero-order valence-corrected chi connectivity index (χ0v) is 13.9. The lowest BCUT2D eigenvalue weighted by atomic mass is 10.2. The summed E-state index contributed by atoms with van der Waals surface area (Å²) in [6, 6.07) is 1.60. The van der Waals surface area contributed by atoms with E-state index < -0.39 is 0 Å². The fourth-order valence-corrected chi connectivity index (χ4v) is 3.91. The van der Waals surface area contributed by atoms with Gasteiger partial charge in [-0.05, 0) is 48.7 Å². The number of unbranched alkanes of at least 4 members (excludes halogenated alkanes) is 2. The van der Waals surface area contributed by atoms with Crippen molar-refractivity contribution < 1.29 is 0 Å². The van der Waals surface area contributed by atoms with Crippen molar-refractivity contribution in [1.29, 1.82) is 0 Å². The standard InChI is InChI=1S/C11H29NSi2/c1-3-5-8-12(9-6-4-2)10-7-11-14-13/h3-11,14H2,1-2,13H3. The van der Waals surface area contributed by atoms with Crippen LogP contribution < -0.4 is 0 Å². The third-order valence-corrected chi connectivity index (χ3v) is 6.06. The van der Waals surface area contributed by atoms with Gasteiger partial charge in [0.15, 0.2) is 0 Å². The normalized spacial score (nSPS) is 12.2. The maximum absolute atomic E-state index is 2.69. The Kier molecular flexibility index (Phi) is 11.8. The largest absolute Gasteiger partial charge is 0.303 e. The molecule has 0 aromatic carbocycles. The van der Waals surface area contributed by atoms with Crippen molar-refractivity contribution in [3.05, 3.63) is 0 Å². The van der Waals surface area contributed by atoms with Crippen LogP contribution in [0.4, 0.5) is 0 Å². The van der Waals surface area contributed by atoms with Gasteiger partial charge < -0.3 is 4.90 Å². The van der Waals surface area contributed by atoms with Gasteiger partial charge in [-0.25, -0.2) is 0 Å². The van der Waals surface area contributed by atoms with E-state index in [1.807, 2.05) is 0 Å². The molecule has 14 heavy (non-hydrogen) atoms. The number of hydrogen-bond donors (Lipinski definition) is 0. The molecule has 0 aliphatic heterocycles. The SMILES string of the molecule is CCCCN(CCCC)CCC[SiH2][SiH3]. The Morgan fingerprint density at radius 1 is 0.929 bits per heavy atom. The molecule has 0 atom stereocenters. The molecule has 0 radical (unpaired) electrons. The molecular weight excluding hydrogens is 202 g/mol. The third-order valence-electron chi connectivity index (χ3n) is 2.73. The summed E-state index contributed by atoms with van der Waals surface area (Å²) < 4.78 is 0. The summed E-state index contributed by atoms with van der Waals surface area (Å²) in [6.45, 7) is 8.67. The summed E-state index contributed by atoms with van der Waals surface area (Å²) >= 11 is 0. The Balaban J connectivity index is 3.49. The molecule has 0 rings (SSSR count). The molecule has 0 aromatic heterocycles. The molecule has 0 saturated carbocycles. The highest BCUT2D eigenvalue weighted by Gasteiger charge is 2.02. The van der Waals surface area contributed by atoms with Gasteiger partial charge in [0.25, 0.3) is 0 Å². The molecule has 1 nitrogen and oxygen atoms in total. The first kappa shape index (κ1) is 14.4. The van der Waals surface area contributed by atoms with Crippen molar-refractivity contribution in [2.24, 2.45) is 0 Å². The van der Waals surface area contributed by atoms with Crippen LogP contribution in [0.1, 0.15) is 46.0 Å². The van der Waals surface area contributed by atoms with Crippen molar-refractivity contribution in [2.45, 2.75) is 52.0 Å². The monoisotopic (exact) mass is 231 g/mol. The van der Waals surface area contributed by atoms with E-state index >= 15 is 0 Å². The smallest absolute Gasteiger partial charge is 0.00419 e.